The van der Waals surface area contributed by atoms with Crippen LogP contribution in [0.5, 0.6) is 5.75 Å². The van der Waals surface area contributed by atoms with Gasteiger partial charge >= 0.3 is 5.63 Å². The van der Waals surface area contributed by atoms with Gasteiger partial charge in [-0.1, -0.05) is 48.2 Å². The molecule has 0 fully saturated rings. The van der Waals surface area contributed by atoms with E-state index in [4.69, 9.17) is 13.6 Å². The number of rotatable bonds is 7. The maximum atomic E-state index is 12.4. The summed E-state index contributed by atoms with van der Waals surface area (Å²) in [6.07, 6.45) is 0. The monoisotopic (exact) mass is 394 g/mol. The quantitative estimate of drug-likeness (QED) is 0.266. The van der Waals surface area contributed by atoms with Crippen molar-refractivity contribution in [1.29, 1.82) is 0 Å². The van der Waals surface area contributed by atoms with E-state index in [1.165, 1.54) is 6.07 Å². The number of fused-ring (bicyclic) bond motifs is 1. The summed E-state index contributed by atoms with van der Waals surface area (Å²) in [5.74, 6) is 0.589. The summed E-state index contributed by atoms with van der Waals surface area (Å²) < 4.78 is 16.2. The van der Waals surface area contributed by atoms with Gasteiger partial charge in [-0.05, 0) is 24.3 Å². The Bertz CT molecular complexity index is 1170. The minimum Gasteiger partial charge on any atom is -0.484 e. The first kappa shape index (κ1) is 18.0. The van der Waals surface area contributed by atoms with Crippen LogP contribution in [0.4, 0.5) is 0 Å². The normalized spacial score (nSPS) is 10.9. The van der Waals surface area contributed by atoms with Crippen LogP contribution in [0, 0.1) is 0 Å². The molecule has 28 heavy (non-hydrogen) atoms. The lowest BCUT2D eigenvalue weighted by molar-refractivity contribution is 0.101. The molecular formula is C20H14N2O5S. The van der Waals surface area contributed by atoms with Gasteiger partial charge in [0.2, 0.25) is 0 Å². The minimum atomic E-state index is -0.660. The number of hydrogen-bond donors (Lipinski definition) is 0. The van der Waals surface area contributed by atoms with E-state index < -0.39 is 5.63 Å². The Kier molecular flexibility index (Phi) is 5.20. The summed E-state index contributed by atoms with van der Waals surface area (Å²) >= 11 is 1.05. The largest absolute Gasteiger partial charge is 0.484 e. The number of ketones is 1. The molecule has 2 aromatic carbocycles. The predicted octanol–water partition coefficient (Wildman–Crippen LogP) is 3.73. The molecule has 140 valence electrons. The smallest absolute Gasteiger partial charge is 0.347 e. The van der Waals surface area contributed by atoms with Crippen molar-refractivity contribution in [2.24, 2.45) is 0 Å². The third kappa shape index (κ3) is 4.12. The van der Waals surface area contributed by atoms with Gasteiger partial charge in [0.1, 0.15) is 16.9 Å². The molecule has 0 saturated carbocycles. The van der Waals surface area contributed by atoms with Crippen molar-refractivity contribution in [3.05, 3.63) is 82.5 Å². The molecule has 0 bridgehead atoms. The molecule has 8 heteroatoms. The van der Waals surface area contributed by atoms with Crippen LogP contribution >= 0.6 is 11.8 Å². The molecule has 2 heterocycles. The zero-order valence-corrected chi connectivity index (χ0v) is 15.3. The number of thioether (sulfide) groups is 1. The second kappa shape index (κ2) is 8.10. The maximum Gasteiger partial charge on any atom is 0.347 e. The second-order valence-corrected chi connectivity index (χ2v) is 6.69. The zero-order chi connectivity index (χ0) is 19.3. The van der Waals surface area contributed by atoms with E-state index in [0.717, 1.165) is 11.8 Å². The van der Waals surface area contributed by atoms with Crippen molar-refractivity contribution < 1.29 is 18.4 Å². The molecule has 0 aliphatic heterocycles. The highest BCUT2D eigenvalue weighted by Gasteiger charge is 2.16. The van der Waals surface area contributed by atoms with Gasteiger partial charge in [-0.3, -0.25) is 4.79 Å². The van der Waals surface area contributed by atoms with Crippen LogP contribution < -0.4 is 10.4 Å². The van der Waals surface area contributed by atoms with Gasteiger partial charge in [0, 0.05) is 5.39 Å². The van der Waals surface area contributed by atoms with Gasteiger partial charge < -0.3 is 13.6 Å². The fourth-order valence-corrected chi connectivity index (χ4v) is 3.14. The van der Waals surface area contributed by atoms with Crippen LogP contribution in [-0.4, -0.2) is 21.7 Å². The molecule has 4 rings (SSSR count). The van der Waals surface area contributed by atoms with Gasteiger partial charge in [-0.15, -0.1) is 10.2 Å². The van der Waals surface area contributed by atoms with Crippen molar-refractivity contribution in [3.63, 3.8) is 0 Å². The Morgan fingerprint density at radius 1 is 1.00 bits per heavy atom. The molecule has 0 unspecified atom stereocenters. The summed E-state index contributed by atoms with van der Waals surface area (Å²) in [5, 5.41) is 8.68. The molecule has 0 saturated heterocycles. The molecule has 0 N–H and O–H groups in total. The molecule has 2 aromatic heterocycles. The predicted molar refractivity (Wildman–Crippen MR) is 103 cm³/mol. The Balaban J connectivity index is 1.38. The van der Waals surface area contributed by atoms with Gasteiger partial charge in [-0.25, -0.2) is 4.79 Å². The van der Waals surface area contributed by atoms with E-state index in [2.05, 4.69) is 10.2 Å². The molecule has 0 aliphatic carbocycles. The van der Waals surface area contributed by atoms with E-state index in [0.29, 0.717) is 22.6 Å². The number of para-hydroxylation sites is 2. The first-order valence-electron chi connectivity index (χ1n) is 8.38. The topological polar surface area (TPSA) is 95.4 Å². The number of aromatic nitrogens is 2. The van der Waals surface area contributed by atoms with Gasteiger partial charge in [0.25, 0.3) is 11.1 Å². The highest BCUT2D eigenvalue weighted by atomic mass is 32.2. The van der Waals surface area contributed by atoms with Crippen molar-refractivity contribution in [1.82, 2.24) is 10.2 Å². The third-order valence-corrected chi connectivity index (χ3v) is 4.64. The highest BCUT2D eigenvalue weighted by molar-refractivity contribution is 7.99. The summed E-state index contributed by atoms with van der Waals surface area (Å²) in [6.45, 7) is 0.125. The first-order valence-corrected chi connectivity index (χ1v) is 9.37. The SMILES string of the molecule is O=C(CSc1nnc(COc2ccccc2)o1)c1cc2ccccc2oc1=O. The average molecular weight is 394 g/mol. The van der Waals surface area contributed by atoms with E-state index in [1.807, 2.05) is 36.4 Å². The Hall–Kier alpha value is -3.39. The van der Waals surface area contributed by atoms with Crippen LogP contribution in [0.2, 0.25) is 0 Å². The molecule has 0 atom stereocenters. The zero-order valence-electron chi connectivity index (χ0n) is 14.5. The van der Waals surface area contributed by atoms with Crippen LogP contribution in [0.15, 0.2) is 79.5 Å². The summed E-state index contributed by atoms with van der Waals surface area (Å²) in [6, 6.07) is 17.8. The van der Waals surface area contributed by atoms with Crippen LogP contribution in [-0.2, 0) is 6.61 Å². The summed E-state index contributed by atoms with van der Waals surface area (Å²) in [5.41, 5.74) is -0.221. The Morgan fingerprint density at radius 3 is 2.64 bits per heavy atom. The Labute approximate surface area is 163 Å². The second-order valence-electron chi connectivity index (χ2n) is 5.76. The summed E-state index contributed by atoms with van der Waals surface area (Å²) in [4.78, 5) is 24.4. The fraction of sp³-hybridized carbons (Fsp3) is 0.100. The molecule has 4 aromatic rings. The Morgan fingerprint density at radius 2 is 1.79 bits per heavy atom. The minimum absolute atomic E-state index is 0.00153. The number of ether oxygens (including phenoxy) is 1. The number of carbonyl (C=O) groups excluding carboxylic acids is 1. The van der Waals surface area contributed by atoms with Crippen molar-refractivity contribution in [2.45, 2.75) is 11.8 Å². The lowest BCUT2D eigenvalue weighted by atomic mass is 10.1. The standard InChI is InChI=1S/C20H14N2O5S/c23-16(15-10-13-6-4-5-9-17(13)26-19(15)24)12-28-20-22-21-18(27-20)11-25-14-7-2-1-3-8-14/h1-10H,11-12H2. The molecular weight excluding hydrogens is 380 g/mol. The summed E-state index contributed by atoms with van der Waals surface area (Å²) in [7, 11) is 0. The van der Waals surface area contributed by atoms with Gasteiger partial charge in [0.05, 0.1) is 5.75 Å². The molecule has 0 spiro atoms. The first-order chi connectivity index (χ1) is 13.7. The van der Waals surface area contributed by atoms with E-state index in [1.54, 1.807) is 18.2 Å². The van der Waals surface area contributed by atoms with Crippen LogP contribution in [0.1, 0.15) is 16.2 Å². The van der Waals surface area contributed by atoms with E-state index in [-0.39, 0.29) is 28.9 Å². The molecule has 0 aliphatic rings. The lowest BCUT2D eigenvalue weighted by Gasteiger charge is -2.01. The molecule has 7 nitrogen and oxygen atoms in total. The van der Waals surface area contributed by atoms with Crippen LogP contribution in [0.3, 0.4) is 0 Å². The average Bonchev–Trinajstić information content (AvgIpc) is 3.18. The van der Waals surface area contributed by atoms with Gasteiger partial charge in [0.15, 0.2) is 12.4 Å². The van der Waals surface area contributed by atoms with Crippen LogP contribution in [0.25, 0.3) is 11.0 Å². The number of nitrogens with zero attached hydrogens (tertiary/aromatic N) is 2. The molecule has 0 radical (unpaired) electrons. The van der Waals surface area contributed by atoms with Gasteiger partial charge in [-0.2, -0.15) is 0 Å². The van der Waals surface area contributed by atoms with E-state index in [9.17, 15) is 9.59 Å². The van der Waals surface area contributed by atoms with Crippen molar-refractivity contribution in [3.8, 4) is 5.75 Å². The van der Waals surface area contributed by atoms with Crippen molar-refractivity contribution >= 4 is 28.5 Å². The third-order valence-electron chi connectivity index (χ3n) is 3.82. The number of hydrogen-bond acceptors (Lipinski definition) is 8. The molecule has 0 amide bonds. The fourth-order valence-electron chi connectivity index (χ4n) is 2.48. The number of carbonyl (C=O) groups is 1. The van der Waals surface area contributed by atoms with Crippen molar-refractivity contribution in [2.75, 3.05) is 5.75 Å². The number of Topliss-reactive ketones (excluding diaryl/α,β-unsaturated/α-hetero) is 1. The lowest BCUT2D eigenvalue weighted by Crippen LogP contribution is -2.15. The maximum absolute atomic E-state index is 12.4. The number of benzene rings is 2. The highest BCUT2D eigenvalue weighted by Crippen LogP contribution is 2.20. The van der Waals surface area contributed by atoms with E-state index >= 15 is 0 Å².